The molecular formula is B5N2. The van der Waals surface area contributed by atoms with Gasteiger partial charge in [-0.15, -0.1) is 0 Å². The van der Waals surface area contributed by atoms with Crippen LogP contribution in [0.1, 0.15) is 0 Å². The molecule has 0 bridgehead atoms. The van der Waals surface area contributed by atoms with Crippen LogP contribution in [0.3, 0.4) is 0 Å². The molecule has 0 spiro atoms. The molecule has 0 aromatic rings. The largest absolute Gasteiger partial charge is 0.438 e. The van der Waals surface area contributed by atoms with Gasteiger partial charge >= 0.3 is 0 Å². The van der Waals surface area contributed by atoms with Crippen molar-refractivity contribution in [1.29, 1.82) is 0 Å². The highest BCUT2D eigenvalue weighted by molar-refractivity contribution is 6.60. The Kier molecular flexibility index (Phi) is 3.39. The van der Waals surface area contributed by atoms with E-state index in [4.69, 9.17) is 31.9 Å². The summed E-state index contributed by atoms with van der Waals surface area (Å²) in [6.45, 7) is 0. The molecule has 9 radical (unpaired) electrons. The Labute approximate surface area is 49.6 Å². The lowest BCUT2D eigenvalue weighted by atomic mass is 9.85. The molecule has 25 valence electrons. The van der Waals surface area contributed by atoms with Crippen LogP contribution >= 0.6 is 0 Å². The standard InChI is InChI=1S/B5N2/c1-6(2)5-7(3)4. The number of nitrogens with zero attached hydrogens (tertiary/aromatic N) is 2. The van der Waals surface area contributed by atoms with Crippen molar-refractivity contribution in [3.8, 4) is 0 Å². The van der Waals surface area contributed by atoms with Gasteiger partial charge in [-0.25, -0.2) is 0 Å². The summed E-state index contributed by atoms with van der Waals surface area (Å²) in [6, 6.07) is 0. The summed E-state index contributed by atoms with van der Waals surface area (Å²) in [6.07, 6.45) is 0. The van der Waals surface area contributed by atoms with Gasteiger partial charge < -0.3 is 9.27 Å². The minimum absolute atomic E-state index is 0.750. The van der Waals surface area contributed by atoms with Gasteiger partial charge in [0, 0.05) is 0 Å². The Morgan fingerprint density at radius 1 is 0.857 bits per heavy atom. The molecule has 0 heterocycles. The first-order chi connectivity index (χ1) is 3.13. The average molecular weight is 82.1 g/mol. The van der Waals surface area contributed by atoms with E-state index in [2.05, 4.69) is 0 Å². The molecule has 7 heavy (non-hydrogen) atoms. The Balaban J connectivity index is 2.95. The normalized spacial score (nSPS) is 10.0. The minimum atomic E-state index is 0.750. The lowest BCUT2D eigenvalue weighted by molar-refractivity contribution is 0.999. The quantitative estimate of drug-likeness (QED) is 0.339. The zero-order valence-electron chi connectivity index (χ0n) is 3.78. The first kappa shape index (κ1) is 7.24. The summed E-state index contributed by atoms with van der Waals surface area (Å²) in [5, 5.41) is 0. The molecule has 0 rings (SSSR count). The van der Waals surface area contributed by atoms with E-state index in [-0.39, 0.29) is 0 Å². The fourth-order valence-corrected chi connectivity index (χ4v) is 0.154. The Morgan fingerprint density at radius 3 is 1.14 bits per heavy atom. The van der Waals surface area contributed by atoms with Gasteiger partial charge in [0.05, 0.1) is 0 Å². The van der Waals surface area contributed by atoms with Gasteiger partial charge in [-0.1, -0.05) is 0 Å². The molecule has 0 saturated carbocycles. The molecule has 0 fully saturated rings. The van der Waals surface area contributed by atoms with Crippen LogP contribution in [0.25, 0.3) is 0 Å². The second kappa shape index (κ2) is 3.27. The molecule has 0 unspecified atom stereocenters. The Morgan fingerprint density at radius 2 is 1.14 bits per heavy atom. The minimum Gasteiger partial charge on any atom is -0.438 e. The summed E-state index contributed by atoms with van der Waals surface area (Å²) in [5.74, 6) is 0. The summed E-state index contributed by atoms with van der Waals surface area (Å²) in [4.78, 5) is 0. The summed E-state index contributed by atoms with van der Waals surface area (Å²) in [7, 11) is 20.5. The molecule has 0 N–H and O–H groups in total. The van der Waals surface area contributed by atoms with Gasteiger partial charge in [0.2, 0.25) is 0 Å². The van der Waals surface area contributed by atoms with Gasteiger partial charge in [-0.05, 0) is 0 Å². The van der Waals surface area contributed by atoms with E-state index < -0.39 is 0 Å². The van der Waals surface area contributed by atoms with Gasteiger partial charge in [0.15, 0.2) is 31.9 Å². The number of hydrogen-bond donors (Lipinski definition) is 0. The number of hydrogen-bond acceptors (Lipinski definition) is 2. The number of rotatable bonds is 2. The van der Waals surface area contributed by atoms with Crippen molar-refractivity contribution < 1.29 is 0 Å². The van der Waals surface area contributed by atoms with Crippen LogP contribution in [-0.2, 0) is 0 Å². The van der Waals surface area contributed by atoms with Gasteiger partial charge in [-0.2, -0.15) is 0 Å². The smallest absolute Gasteiger partial charge is 0.261 e. The third kappa shape index (κ3) is 6.24. The zero-order valence-corrected chi connectivity index (χ0v) is 3.78. The SMILES string of the molecule is [B]N([B])[B]N([B])[B]. The van der Waals surface area contributed by atoms with Crippen molar-refractivity contribution >= 4 is 39.5 Å². The van der Waals surface area contributed by atoms with Crippen molar-refractivity contribution in [1.82, 2.24) is 9.27 Å². The molecule has 0 saturated heterocycles. The van der Waals surface area contributed by atoms with Gasteiger partial charge in [-0.3, -0.25) is 0 Å². The summed E-state index contributed by atoms with van der Waals surface area (Å²) < 4.78 is 1.50. The molecule has 0 aromatic carbocycles. The Hall–Kier alpha value is 0.245. The van der Waals surface area contributed by atoms with E-state index in [9.17, 15) is 0 Å². The first-order valence-corrected chi connectivity index (χ1v) is 1.55. The predicted molar refractivity (Wildman–Crippen MR) is 32.4 cm³/mol. The lowest BCUT2D eigenvalue weighted by Gasteiger charge is -2.14. The molecule has 0 amide bonds. The van der Waals surface area contributed by atoms with E-state index in [1.807, 2.05) is 0 Å². The van der Waals surface area contributed by atoms with Crippen LogP contribution in [0.4, 0.5) is 0 Å². The third-order valence-corrected chi connectivity index (χ3v) is 0.267. The molecule has 0 aliphatic rings. The highest BCUT2D eigenvalue weighted by Gasteiger charge is 1.91. The van der Waals surface area contributed by atoms with Gasteiger partial charge in [0.25, 0.3) is 7.55 Å². The topological polar surface area (TPSA) is 6.48 Å². The van der Waals surface area contributed by atoms with Crippen LogP contribution in [0.5, 0.6) is 0 Å². The highest BCUT2D eigenvalue weighted by atomic mass is 15.0. The van der Waals surface area contributed by atoms with E-state index in [1.165, 1.54) is 0 Å². The van der Waals surface area contributed by atoms with Gasteiger partial charge in [0.1, 0.15) is 0 Å². The van der Waals surface area contributed by atoms with E-state index >= 15 is 0 Å². The predicted octanol–water partition coefficient (Wildman–Crippen LogP) is -2.54. The lowest BCUT2D eigenvalue weighted by Crippen LogP contribution is -2.35. The van der Waals surface area contributed by atoms with E-state index in [0.29, 0.717) is 0 Å². The maximum absolute atomic E-state index is 4.85. The molecule has 0 atom stereocenters. The zero-order chi connectivity index (χ0) is 5.86. The van der Waals surface area contributed by atoms with Crippen LogP contribution in [-0.4, -0.2) is 48.7 Å². The maximum Gasteiger partial charge on any atom is 0.261 e. The maximum atomic E-state index is 4.85. The molecule has 0 aliphatic carbocycles. The highest BCUT2D eigenvalue weighted by Crippen LogP contribution is 1.65. The van der Waals surface area contributed by atoms with Crippen LogP contribution in [0.15, 0.2) is 0 Å². The molecule has 0 aromatic heterocycles. The van der Waals surface area contributed by atoms with Crippen molar-refractivity contribution in [2.75, 3.05) is 0 Å². The fourth-order valence-electron chi connectivity index (χ4n) is 0.154. The monoisotopic (exact) mass is 83.1 g/mol. The van der Waals surface area contributed by atoms with Crippen molar-refractivity contribution in [3.05, 3.63) is 0 Å². The first-order valence-electron chi connectivity index (χ1n) is 1.55. The van der Waals surface area contributed by atoms with Crippen molar-refractivity contribution in [2.24, 2.45) is 0 Å². The summed E-state index contributed by atoms with van der Waals surface area (Å²) >= 11 is 0. The van der Waals surface area contributed by atoms with Crippen LogP contribution in [0, 0.1) is 0 Å². The average Bonchev–Trinajstić information content (AvgIpc) is 1.27. The molecule has 0 aliphatic heterocycles. The van der Waals surface area contributed by atoms with E-state index in [0.717, 1.165) is 16.8 Å². The van der Waals surface area contributed by atoms with Crippen molar-refractivity contribution in [2.45, 2.75) is 0 Å². The Bertz CT molecular complexity index is 35.3. The molecular weight excluding hydrogens is 82.1 g/mol. The van der Waals surface area contributed by atoms with E-state index in [1.54, 1.807) is 0 Å². The second-order valence-corrected chi connectivity index (χ2v) is 1.01. The summed E-state index contributed by atoms with van der Waals surface area (Å²) in [5.41, 5.74) is 0. The molecule has 2 nitrogen and oxygen atoms in total. The third-order valence-electron chi connectivity index (χ3n) is 0.267. The molecule has 7 heteroatoms. The van der Waals surface area contributed by atoms with Crippen molar-refractivity contribution in [3.63, 3.8) is 0 Å². The second-order valence-electron chi connectivity index (χ2n) is 1.01. The van der Waals surface area contributed by atoms with Crippen LogP contribution < -0.4 is 0 Å². The van der Waals surface area contributed by atoms with Crippen LogP contribution in [0.2, 0.25) is 0 Å². The fraction of sp³-hybridized carbons (Fsp3) is 0.